The number of fused-ring (bicyclic) bond motifs is 3. The van der Waals surface area contributed by atoms with E-state index in [1.54, 1.807) is 0 Å². The van der Waals surface area contributed by atoms with Gasteiger partial charge in [0.1, 0.15) is 10.8 Å². The molecule has 0 unspecified atom stereocenters. The van der Waals surface area contributed by atoms with Crippen LogP contribution in [0.2, 0.25) is 0 Å². The molecule has 4 nitrogen and oxygen atoms in total. The first-order valence-corrected chi connectivity index (χ1v) is 10.8. The second kappa shape index (κ2) is 5.61. The summed E-state index contributed by atoms with van der Waals surface area (Å²) in [6.45, 7) is 6.56. The number of benzene rings is 1. The van der Waals surface area contributed by atoms with Crippen LogP contribution in [0, 0.1) is 10.8 Å². The molecule has 0 bridgehead atoms. The van der Waals surface area contributed by atoms with Crippen molar-refractivity contribution in [3.8, 4) is 0 Å². The van der Waals surface area contributed by atoms with Gasteiger partial charge in [-0.05, 0) is 36.7 Å². The molecule has 2 aliphatic heterocycles. The number of hydrogen-bond acceptors (Lipinski definition) is 4. The monoisotopic (exact) mass is 382 g/mol. The highest BCUT2D eigenvalue weighted by atomic mass is 16.6. The molecular formula is C24H30O4. The van der Waals surface area contributed by atoms with E-state index in [0.717, 1.165) is 56.9 Å². The lowest BCUT2D eigenvalue weighted by Crippen LogP contribution is -2.49. The number of esters is 2. The summed E-state index contributed by atoms with van der Waals surface area (Å²) in [5.74, 6) is -0.289. The Kier molecular flexibility index (Phi) is 3.65. The highest BCUT2D eigenvalue weighted by molar-refractivity contribution is 5.90. The summed E-state index contributed by atoms with van der Waals surface area (Å²) in [6, 6.07) is 8.41. The molecule has 2 saturated heterocycles. The fourth-order valence-electron chi connectivity index (χ4n) is 6.44. The maximum atomic E-state index is 13.2. The first-order valence-electron chi connectivity index (χ1n) is 10.8. The van der Waals surface area contributed by atoms with Crippen molar-refractivity contribution in [3.05, 3.63) is 35.4 Å². The fraction of sp³-hybridized carbons (Fsp3) is 0.667. The summed E-state index contributed by atoms with van der Waals surface area (Å²) in [7, 11) is 0. The second-order valence-electron chi connectivity index (χ2n) is 10.4. The Hall–Kier alpha value is -1.84. The SMILES string of the molecule is CC(C)(C)c1ccc([C@]23OC(=O)C4(CCCC4)[C@H]2OC(=O)C32CCCC2)cc1. The van der Waals surface area contributed by atoms with Crippen LogP contribution in [0.1, 0.15) is 83.3 Å². The Balaban J connectivity index is 1.70. The van der Waals surface area contributed by atoms with Gasteiger partial charge in [-0.15, -0.1) is 0 Å². The zero-order chi connectivity index (χ0) is 19.8. The highest BCUT2D eigenvalue weighted by Gasteiger charge is 2.81. The van der Waals surface area contributed by atoms with Crippen LogP contribution < -0.4 is 0 Å². The van der Waals surface area contributed by atoms with Gasteiger partial charge in [-0.25, -0.2) is 0 Å². The minimum atomic E-state index is -0.960. The molecule has 28 heavy (non-hydrogen) atoms. The van der Waals surface area contributed by atoms with E-state index in [4.69, 9.17) is 9.47 Å². The molecular weight excluding hydrogens is 352 g/mol. The van der Waals surface area contributed by atoms with Gasteiger partial charge in [0.25, 0.3) is 0 Å². The third kappa shape index (κ3) is 2.02. The van der Waals surface area contributed by atoms with E-state index in [-0.39, 0.29) is 17.4 Å². The molecule has 150 valence electrons. The minimum Gasteiger partial charge on any atom is -0.456 e. The average molecular weight is 383 g/mol. The van der Waals surface area contributed by atoms with Crippen LogP contribution in [0.25, 0.3) is 0 Å². The van der Waals surface area contributed by atoms with E-state index in [1.165, 1.54) is 5.56 Å². The molecule has 4 aliphatic rings. The Labute approximate surface area is 167 Å². The molecule has 2 aliphatic carbocycles. The predicted molar refractivity (Wildman–Crippen MR) is 105 cm³/mol. The fourth-order valence-corrected chi connectivity index (χ4v) is 6.44. The lowest BCUT2D eigenvalue weighted by atomic mass is 9.62. The van der Waals surface area contributed by atoms with E-state index in [0.29, 0.717) is 0 Å². The van der Waals surface area contributed by atoms with Crippen LogP contribution in [0.3, 0.4) is 0 Å². The Morgan fingerprint density at radius 1 is 0.857 bits per heavy atom. The van der Waals surface area contributed by atoms with Gasteiger partial charge in [-0.3, -0.25) is 9.59 Å². The van der Waals surface area contributed by atoms with Gasteiger partial charge in [0.05, 0.1) is 0 Å². The average Bonchev–Trinajstić information content (AvgIpc) is 3.41. The molecule has 2 saturated carbocycles. The van der Waals surface area contributed by atoms with Crippen molar-refractivity contribution in [2.45, 2.75) is 89.3 Å². The van der Waals surface area contributed by atoms with Crippen molar-refractivity contribution in [2.24, 2.45) is 10.8 Å². The third-order valence-corrected chi connectivity index (χ3v) is 7.99. The van der Waals surface area contributed by atoms with Crippen molar-refractivity contribution in [3.63, 3.8) is 0 Å². The molecule has 2 atom stereocenters. The summed E-state index contributed by atoms with van der Waals surface area (Å²) in [6.07, 6.45) is 6.48. The maximum absolute atomic E-state index is 13.2. The summed E-state index contributed by atoms with van der Waals surface area (Å²) in [5.41, 5.74) is -0.113. The smallest absolute Gasteiger partial charge is 0.317 e. The van der Waals surface area contributed by atoms with Crippen molar-refractivity contribution in [1.82, 2.24) is 0 Å². The van der Waals surface area contributed by atoms with Crippen LogP contribution in [-0.2, 0) is 30.1 Å². The van der Waals surface area contributed by atoms with Gasteiger partial charge in [0, 0.05) is 5.56 Å². The molecule has 0 amide bonds. The van der Waals surface area contributed by atoms with Crippen LogP contribution in [0.15, 0.2) is 24.3 Å². The van der Waals surface area contributed by atoms with E-state index >= 15 is 0 Å². The lowest BCUT2D eigenvalue weighted by molar-refractivity contribution is -0.169. The molecule has 1 aromatic carbocycles. The van der Waals surface area contributed by atoms with Crippen molar-refractivity contribution in [1.29, 1.82) is 0 Å². The lowest BCUT2D eigenvalue weighted by Gasteiger charge is -2.39. The molecule has 4 fully saturated rings. The standard InChI is InChI=1S/C24H30O4/c1-21(2,3)16-8-10-17(11-9-16)24-18(22(19(25)28-24)12-4-5-13-22)27-20(26)23(24)14-6-7-15-23/h8-11,18H,4-7,12-15H2,1-3H3/t18-,24+/m1/s1. The number of carbonyl (C=O) groups is 2. The number of hydrogen-bond donors (Lipinski definition) is 0. The Morgan fingerprint density at radius 2 is 1.43 bits per heavy atom. The summed E-state index contributed by atoms with van der Waals surface area (Å²) >= 11 is 0. The molecule has 0 N–H and O–H groups in total. The second-order valence-corrected chi connectivity index (χ2v) is 10.4. The van der Waals surface area contributed by atoms with Crippen molar-refractivity contribution >= 4 is 11.9 Å². The van der Waals surface area contributed by atoms with Gasteiger partial charge in [0.15, 0.2) is 11.7 Å². The largest absolute Gasteiger partial charge is 0.456 e. The van der Waals surface area contributed by atoms with E-state index in [1.807, 2.05) is 0 Å². The quantitative estimate of drug-likeness (QED) is 0.656. The topological polar surface area (TPSA) is 52.6 Å². The molecule has 0 radical (unpaired) electrons. The maximum Gasteiger partial charge on any atom is 0.317 e. The van der Waals surface area contributed by atoms with E-state index < -0.39 is 22.5 Å². The molecule has 5 rings (SSSR count). The van der Waals surface area contributed by atoms with E-state index in [2.05, 4.69) is 45.0 Å². The molecule has 0 aromatic heterocycles. The van der Waals surface area contributed by atoms with Gasteiger partial charge in [-0.1, -0.05) is 70.7 Å². The summed E-state index contributed by atoms with van der Waals surface area (Å²) in [5, 5.41) is 0. The number of rotatable bonds is 1. The van der Waals surface area contributed by atoms with Crippen LogP contribution in [0.4, 0.5) is 0 Å². The Bertz CT molecular complexity index is 817. The highest BCUT2D eigenvalue weighted by Crippen LogP contribution is 2.69. The van der Waals surface area contributed by atoms with Gasteiger partial charge < -0.3 is 9.47 Å². The van der Waals surface area contributed by atoms with Crippen molar-refractivity contribution in [2.75, 3.05) is 0 Å². The van der Waals surface area contributed by atoms with Crippen LogP contribution in [-0.4, -0.2) is 18.0 Å². The molecule has 4 heteroatoms. The molecule has 1 aromatic rings. The normalized spacial score (nSPS) is 32.8. The van der Waals surface area contributed by atoms with Gasteiger partial charge >= 0.3 is 11.9 Å². The molecule has 2 spiro atoms. The van der Waals surface area contributed by atoms with E-state index in [9.17, 15) is 9.59 Å². The number of ether oxygens (including phenoxy) is 2. The molecule has 2 heterocycles. The zero-order valence-corrected chi connectivity index (χ0v) is 17.2. The first-order chi connectivity index (χ1) is 13.3. The third-order valence-electron chi connectivity index (χ3n) is 7.99. The van der Waals surface area contributed by atoms with Gasteiger partial charge in [0.2, 0.25) is 0 Å². The number of carbonyl (C=O) groups excluding carboxylic acids is 2. The Morgan fingerprint density at radius 3 is 2.00 bits per heavy atom. The van der Waals surface area contributed by atoms with Gasteiger partial charge in [-0.2, -0.15) is 0 Å². The first kappa shape index (κ1) is 18.2. The zero-order valence-electron chi connectivity index (χ0n) is 17.2. The summed E-state index contributed by atoms with van der Waals surface area (Å²) < 4.78 is 12.4. The minimum absolute atomic E-state index is 0.0433. The van der Waals surface area contributed by atoms with Crippen LogP contribution in [0.5, 0.6) is 0 Å². The summed E-state index contributed by atoms with van der Waals surface area (Å²) in [4.78, 5) is 26.5. The predicted octanol–water partition coefficient (Wildman–Crippen LogP) is 4.78. The van der Waals surface area contributed by atoms with Crippen molar-refractivity contribution < 1.29 is 19.1 Å². The van der Waals surface area contributed by atoms with Crippen LogP contribution >= 0.6 is 0 Å².